The average molecular weight is 311 g/mol. The number of carbonyl (C=O) groups excluding carboxylic acids is 1. The van der Waals surface area contributed by atoms with Gasteiger partial charge in [-0.05, 0) is 38.1 Å². The van der Waals surface area contributed by atoms with E-state index in [1.807, 2.05) is 35.7 Å². The van der Waals surface area contributed by atoms with Crippen molar-refractivity contribution in [2.75, 3.05) is 11.9 Å². The number of aromatic nitrogens is 4. The summed E-state index contributed by atoms with van der Waals surface area (Å²) in [6, 6.07) is 9.08. The molecule has 0 fully saturated rings. The van der Waals surface area contributed by atoms with Crippen LogP contribution in [0.5, 0.6) is 0 Å². The highest BCUT2D eigenvalue weighted by Gasteiger charge is 2.14. The second-order valence-electron chi connectivity index (χ2n) is 5.01. The minimum Gasteiger partial charge on any atom is -0.462 e. The summed E-state index contributed by atoms with van der Waals surface area (Å²) >= 11 is 0. The number of nitrogens with one attached hydrogen (secondary N) is 1. The van der Waals surface area contributed by atoms with Crippen molar-refractivity contribution in [1.82, 2.24) is 19.6 Å². The number of fused-ring (bicyclic) bond motifs is 1. The monoisotopic (exact) mass is 311 g/mol. The Bertz CT molecular complexity index is 813. The Labute approximate surface area is 133 Å². The molecule has 0 spiro atoms. The van der Waals surface area contributed by atoms with Crippen molar-refractivity contribution in [3.8, 4) is 0 Å². The fourth-order valence-corrected chi connectivity index (χ4v) is 2.26. The number of rotatable bonds is 5. The first-order valence-electron chi connectivity index (χ1n) is 7.38. The molecule has 0 saturated heterocycles. The standard InChI is InChI=1S/C16H17N5O2/c1-3-23-16(22)12-7-8-13(17-10-12)18-11(2)15-20-19-14-6-4-5-9-21(14)15/h4-11H,3H2,1-2H3,(H,17,18). The zero-order valence-corrected chi connectivity index (χ0v) is 12.9. The lowest BCUT2D eigenvalue weighted by molar-refractivity contribution is 0.0526. The number of hydrogen-bond donors (Lipinski definition) is 1. The van der Waals surface area contributed by atoms with E-state index in [9.17, 15) is 4.79 Å². The predicted molar refractivity (Wildman–Crippen MR) is 85.2 cm³/mol. The smallest absolute Gasteiger partial charge is 0.339 e. The predicted octanol–water partition coefficient (Wildman–Crippen LogP) is 2.47. The molecule has 0 aliphatic heterocycles. The quantitative estimate of drug-likeness (QED) is 0.729. The summed E-state index contributed by atoms with van der Waals surface area (Å²) in [7, 11) is 0. The molecule has 3 aromatic rings. The van der Waals surface area contributed by atoms with E-state index in [4.69, 9.17) is 4.74 Å². The first kappa shape index (κ1) is 15.0. The van der Waals surface area contributed by atoms with E-state index in [-0.39, 0.29) is 12.0 Å². The van der Waals surface area contributed by atoms with Crippen molar-refractivity contribution < 1.29 is 9.53 Å². The van der Waals surface area contributed by atoms with Gasteiger partial charge in [0.1, 0.15) is 5.82 Å². The van der Waals surface area contributed by atoms with Crippen LogP contribution in [-0.4, -0.2) is 32.2 Å². The molecule has 0 aliphatic rings. The fraction of sp³-hybridized carbons (Fsp3) is 0.250. The van der Waals surface area contributed by atoms with Gasteiger partial charge in [0.25, 0.3) is 0 Å². The topological polar surface area (TPSA) is 81.4 Å². The summed E-state index contributed by atoms with van der Waals surface area (Å²) < 4.78 is 6.86. The van der Waals surface area contributed by atoms with Crippen molar-refractivity contribution in [3.05, 3.63) is 54.1 Å². The van der Waals surface area contributed by atoms with Crippen LogP contribution in [0.1, 0.15) is 36.1 Å². The summed E-state index contributed by atoms with van der Waals surface area (Å²) in [5.74, 6) is 1.07. The third-order valence-electron chi connectivity index (χ3n) is 3.37. The highest BCUT2D eigenvalue weighted by molar-refractivity contribution is 5.89. The number of anilines is 1. The van der Waals surface area contributed by atoms with Crippen LogP contribution in [0.25, 0.3) is 5.65 Å². The minimum absolute atomic E-state index is 0.0895. The molecule has 0 radical (unpaired) electrons. The first-order chi connectivity index (χ1) is 11.2. The summed E-state index contributed by atoms with van der Waals surface area (Å²) in [5.41, 5.74) is 1.22. The number of carbonyl (C=O) groups is 1. The summed E-state index contributed by atoms with van der Waals surface area (Å²) in [5, 5.41) is 11.6. The van der Waals surface area contributed by atoms with E-state index in [1.165, 1.54) is 6.20 Å². The van der Waals surface area contributed by atoms with E-state index >= 15 is 0 Å². The van der Waals surface area contributed by atoms with E-state index in [0.717, 1.165) is 11.5 Å². The molecule has 0 bridgehead atoms. The zero-order valence-electron chi connectivity index (χ0n) is 12.9. The van der Waals surface area contributed by atoms with E-state index in [2.05, 4.69) is 20.5 Å². The molecule has 3 rings (SSSR count). The van der Waals surface area contributed by atoms with Crippen LogP contribution >= 0.6 is 0 Å². The molecule has 3 heterocycles. The third-order valence-corrected chi connectivity index (χ3v) is 3.37. The number of pyridine rings is 2. The Morgan fingerprint density at radius 1 is 1.30 bits per heavy atom. The Hall–Kier alpha value is -2.96. The molecule has 0 aromatic carbocycles. The molecule has 118 valence electrons. The SMILES string of the molecule is CCOC(=O)c1ccc(NC(C)c2nnc3ccccn23)nc1. The van der Waals surface area contributed by atoms with Crippen molar-refractivity contribution in [2.24, 2.45) is 0 Å². The van der Waals surface area contributed by atoms with Gasteiger partial charge in [-0.25, -0.2) is 9.78 Å². The first-order valence-corrected chi connectivity index (χ1v) is 7.38. The van der Waals surface area contributed by atoms with Crippen LogP contribution in [0, 0.1) is 0 Å². The molecule has 3 aromatic heterocycles. The average Bonchev–Trinajstić information content (AvgIpc) is 3.00. The number of hydrogen-bond acceptors (Lipinski definition) is 6. The molecular formula is C16H17N5O2. The lowest BCUT2D eigenvalue weighted by atomic mass is 10.2. The molecule has 7 nitrogen and oxygen atoms in total. The van der Waals surface area contributed by atoms with Crippen LogP contribution in [-0.2, 0) is 4.74 Å². The Morgan fingerprint density at radius 2 is 2.17 bits per heavy atom. The van der Waals surface area contributed by atoms with E-state index in [1.54, 1.807) is 19.1 Å². The maximum absolute atomic E-state index is 11.6. The van der Waals surface area contributed by atoms with Crippen LogP contribution < -0.4 is 5.32 Å². The van der Waals surface area contributed by atoms with Crippen LogP contribution in [0.2, 0.25) is 0 Å². The molecule has 0 aliphatic carbocycles. The molecule has 1 N–H and O–H groups in total. The number of ether oxygens (including phenoxy) is 1. The molecule has 0 amide bonds. The van der Waals surface area contributed by atoms with Gasteiger partial charge in [-0.1, -0.05) is 6.07 Å². The molecule has 23 heavy (non-hydrogen) atoms. The van der Waals surface area contributed by atoms with Gasteiger partial charge in [-0.3, -0.25) is 4.40 Å². The fourth-order valence-electron chi connectivity index (χ4n) is 2.26. The van der Waals surface area contributed by atoms with E-state index in [0.29, 0.717) is 18.0 Å². The Kier molecular flexibility index (Phi) is 4.18. The van der Waals surface area contributed by atoms with Crippen LogP contribution in [0.3, 0.4) is 0 Å². The second-order valence-corrected chi connectivity index (χ2v) is 5.01. The molecular weight excluding hydrogens is 294 g/mol. The zero-order chi connectivity index (χ0) is 16.2. The number of esters is 1. The van der Waals surface area contributed by atoms with Gasteiger partial charge in [0, 0.05) is 12.4 Å². The lowest BCUT2D eigenvalue weighted by Gasteiger charge is -2.13. The van der Waals surface area contributed by atoms with Gasteiger partial charge in [-0.15, -0.1) is 10.2 Å². The molecule has 7 heteroatoms. The summed E-state index contributed by atoms with van der Waals surface area (Å²) in [6.45, 7) is 4.09. The van der Waals surface area contributed by atoms with Gasteiger partial charge in [-0.2, -0.15) is 0 Å². The minimum atomic E-state index is -0.372. The van der Waals surface area contributed by atoms with Gasteiger partial charge in [0.15, 0.2) is 11.5 Å². The van der Waals surface area contributed by atoms with Gasteiger partial charge < -0.3 is 10.1 Å². The van der Waals surface area contributed by atoms with Gasteiger partial charge >= 0.3 is 5.97 Å². The van der Waals surface area contributed by atoms with Gasteiger partial charge in [0.05, 0.1) is 18.2 Å². The van der Waals surface area contributed by atoms with Crippen LogP contribution in [0.15, 0.2) is 42.7 Å². The maximum Gasteiger partial charge on any atom is 0.339 e. The van der Waals surface area contributed by atoms with Crippen molar-refractivity contribution in [3.63, 3.8) is 0 Å². The summed E-state index contributed by atoms with van der Waals surface area (Å²) in [4.78, 5) is 15.8. The maximum atomic E-state index is 11.6. The lowest BCUT2D eigenvalue weighted by Crippen LogP contribution is -2.12. The van der Waals surface area contributed by atoms with E-state index < -0.39 is 0 Å². The van der Waals surface area contributed by atoms with Crippen molar-refractivity contribution >= 4 is 17.4 Å². The highest BCUT2D eigenvalue weighted by atomic mass is 16.5. The third kappa shape index (κ3) is 3.13. The molecule has 1 unspecified atom stereocenters. The Morgan fingerprint density at radius 3 is 2.91 bits per heavy atom. The molecule has 1 atom stereocenters. The summed E-state index contributed by atoms with van der Waals surface area (Å²) in [6.07, 6.45) is 3.41. The van der Waals surface area contributed by atoms with Crippen molar-refractivity contribution in [1.29, 1.82) is 0 Å². The van der Waals surface area contributed by atoms with Gasteiger partial charge in [0.2, 0.25) is 0 Å². The highest BCUT2D eigenvalue weighted by Crippen LogP contribution is 2.17. The normalized spacial score (nSPS) is 12.1. The molecule has 0 saturated carbocycles. The number of nitrogens with zero attached hydrogens (tertiary/aromatic N) is 4. The Balaban J connectivity index is 1.75. The van der Waals surface area contributed by atoms with Crippen LogP contribution in [0.4, 0.5) is 5.82 Å². The second kappa shape index (κ2) is 6.43. The largest absolute Gasteiger partial charge is 0.462 e. The van der Waals surface area contributed by atoms with Crippen molar-refractivity contribution in [2.45, 2.75) is 19.9 Å².